The zero-order valence-corrected chi connectivity index (χ0v) is 17.0. The van der Waals surface area contributed by atoms with Gasteiger partial charge in [0.15, 0.2) is 0 Å². The predicted molar refractivity (Wildman–Crippen MR) is 118 cm³/mol. The fourth-order valence-corrected chi connectivity index (χ4v) is 3.80. The summed E-state index contributed by atoms with van der Waals surface area (Å²) < 4.78 is 5.81. The molecule has 30 heavy (non-hydrogen) atoms. The Morgan fingerprint density at radius 2 is 1.87 bits per heavy atom. The second-order valence-electron chi connectivity index (χ2n) is 6.65. The molecule has 150 valence electrons. The van der Waals surface area contributed by atoms with Gasteiger partial charge in [-0.25, -0.2) is 5.43 Å². The second kappa shape index (κ2) is 8.84. The summed E-state index contributed by atoms with van der Waals surface area (Å²) in [4.78, 5) is 25.6. The SMILES string of the molecule is Cc1cccc(C(=O)Nc2ccccc2SCC2=NNC(=O)c3ccccc3O2)c1. The number of aryl methyl sites for hydroxylation is 1. The number of hydrogen-bond acceptors (Lipinski definition) is 5. The maximum Gasteiger partial charge on any atom is 0.275 e. The number of anilines is 1. The molecule has 7 heteroatoms. The molecule has 6 nitrogen and oxygen atoms in total. The first-order valence-electron chi connectivity index (χ1n) is 9.34. The third-order valence-electron chi connectivity index (χ3n) is 4.41. The van der Waals surface area contributed by atoms with Gasteiger partial charge < -0.3 is 10.1 Å². The van der Waals surface area contributed by atoms with Gasteiger partial charge in [0.2, 0.25) is 5.90 Å². The van der Waals surface area contributed by atoms with Crippen molar-refractivity contribution in [2.75, 3.05) is 11.1 Å². The monoisotopic (exact) mass is 417 g/mol. The fourth-order valence-electron chi connectivity index (χ4n) is 2.94. The first kappa shape index (κ1) is 19.7. The topological polar surface area (TPSA) is 79.8 Å². The number of nitrogens with zero attached hydrogens (tertiary/aromatic N) is 1. The largest absolute Gasteiger partial charge is 0.440 e. The molecule has 0 atom stereocenters. The number of benzene rings is 3. The quantitative estimate of drug-likeness (QED) is 0.600. The van der Waals surface area contributed by atoms with Crippen LogP contribution in [0.5, 0.6) is 5.75 Å². The van der Waals surface area contributed by atoms with Crippen LogP contribution in [0, 0.1) is 6.92 Å². The van der Waals surface area contributed by atoms with Crippen LogP contribution in [-0.2, 0) is 0 Å². The highest BCUT2D eigenvalue weighted by Crippen LogP contribution is 2.29. The smallest absolute Gasteiger partial charge is 0.275 e. The summed E-state index contributed by atoms with van der Waals surface area (Å²) in [5.74, 6) is 0.741. The van der Waals surface area contributed by atoms with Gasteiger partial charge in [0.05, 0.1) is 17.0 Å². The van der Waals surface area contributed by atoms with Crippen molar-refractivity contribution in [3.8, 4) is 5.75 Å². The number of hydrogen-bond donors (Lipinski definition) is 2. The molecule has 0 radical (unpaired) electrons. The van der Waals surface area contributed by atoms with Crippen molar-refractivity contribution in [2.45, 2.75) is 11.8 Å². The number of amides is 2. The van der Waals surface area contributed by atoms with E-state index in [1.165, 1.54) is 11.8 Å². The van der Waals surface area contributed by atoms with E-state index in [1.54, 1.807) is 30.3 Å². The lowest BCUT2D eigenvalue weighted by Crippen LogP contribution is -2.18. The average molecular weight is 417 g/mol. The number of nitrogens with one attached hydrogen (secondary N) is 2. The molecule has 3 aromatic carbocycles. The van der Waals surface area contributed by atoms with E-state index >= 15 is 0 Å². The van der Waals surface area contributed by atoms with Crippen molar-refractivity contribution < 1.29 is 14.3 Å². The Morgan fingerprint density at radius 3 is 2.73 bits per heavy atom. The van der Waals surface area contributed by atoms with Crippen molar-refractivity contribution in [3.05, 3.63) is 89.5 Å². The van der Waals surface area contributed by atoms with Gasteiger partial charge in [0, 0.05) is 10.5 Å². The Bertz CT molecular complexity index is 1140. The number of rotatable bonds is 5. The van der Waals surface area contributed by atoms with Gasteiger partial charge in [0.1, 0.15) is 5.75 Å². The van der Waals surface area contributed by atoms with Gasteiger partial charge in [-0.05, 0) is 43.3 Å². The fraction of sp³-hybridized carbons (Fsp3) is 0.0870. The van der Waals surface area contributed by atoms with Crippen LogP contribution >= 0.6 is 11.8 Å². The Labute approximate surface area is 178 Å². The minimum atomic E-state index is -0.309. The van der Waals surface area contributed by atoms with Crippen molar-refractivity contribution >= 4 is 35.2 Å². The molecule has 0 aliphatic carbocycles. The number of thioether (sulfide) groups is 1. The highest BCUT2D eigenvalue weighted by Gasteiger charge is 2.19. The maximum absolute atomic E-state index is 12.6. The summed E-state index contributed by atoms with van der Waals surface area (Å²) in [7, 11) is 0. The van der Waals surface area contributed by atoms with E-state index in [-0.39, 0.29) is 11.8 Å². The Hall–Kier alpha value is -3.58. The first-order valence-corrected chi connectivity index (χ1v) is 10.3. The van der Waals surface area contributed by atoms with E-state index in [1.807, 2.05) is 49.4 Å². The third kappa shape index (κ3) is 4.52. The molecule has 2 amide bonds. The molecule has 1 aliphatic rings. The molecule has 4 rings (SSSR count). The molecule has 0 bridgehead atoms. The number of para-hydroxylation sites is 2. The maximum atomic E-state index is 12.6. The highest BCUT2D eigenvalue weighted by atomic mass is 32.2. The average Bonchev–Trinajstić information content (AvgIpc) is 2.92. The van der Waals surface area contributed by atoms with Crippen LogP contribution in [0.3, 0.4) is 0 Å². The molecule has 2 N–H and O–H groups in total. The van der Waals surface area contributed by atoms with Crippen LogP contribution in [0.2, 0.25) is 0 Å². The van der Waals surface area contributed by atoms with Gasteiger partial charge in [-0.1, -0.05) is 42.0 Å². The lowest BCUT2D eigenvalue weighted by molar-refractivity contribution is 0.0954. The van der Waals surface area contributed by atoms with Gasteiger partial charge in [-0.2, -0.15) is 0 Å². The third-order valence-corrected chi connectivity index (χ3v) is 5.47. The van der Waals surface area contributed by atoms with Crippen LogP contribution in [-0.4, -0.2) is 23.5 Å². The number of carbonyl (C=O) groups is 2. The summed E-state index contributed by atoms with van der Waals surface area (Å²) >= 11 is 1.46. The standard InChI is InChI=1S/C23H19N3O3S/c1-15-7-6-8-16(13-15)22(27)24-18-10-3-5-12-20(18)30-14-21-25-26-23(28)17-9-2-4-11-19(17)29-21/h2-13H,14H2,1H3,(H,24,27)(H,26,28). The van der Waals surface area contributed by atoms with Crippen LogP contribution in [0.4, 0.5) is 5.69 Å². The van der Waals surface area contributed by atoms with E-state index in [2.05, 4.69) is 15.8 Å². The van der Waals surface area contributed by atoms with Crippen LogP contribution < -0.4 is 15.5 Å². The summed E-state index contributed by atoms with van der Waals surface area (Å²) in [6.07, 6.45) is 0. The highest BCUT2D eigenvalue weighted by molar-refractivity contribution is 8.00. The van der Waals surface area contributed by atoms with Crippen molar-refractivity contribution in [2.24, 2.45) is 5.10 Å². The molecule has 0 aromatic heterocycles. The normalized spacial score (nSPS) is 12.7. The molecule has 0 unspecified atom stereocenters. The zero-order chi connectivity index (χ0) is 20.9. The number of fused-ring (bicyclic) bond motifs is 1. The summed E-state index contributed by atoms with van der Waals surface area (Å²) in [6, 6.07) is 22.0. The zero-order valence-electron chi connectivity index (χ0n) is 16.2. The number of hydrazone groups is 1. The van der Waals surface area contributed by atoms with Gasteiger partial charge in [0.25, 0.3) is 11.8 Å². The molecular weight excluding hydrogens is 398 g/mol. The van der Waals surface area contributed by atoms with Crippen LogP contribution in [0.15, 0.2) is 82.8 Å². The molecule has 1 aliphatic heterocycles. The Balaban J connectivity index is 1.47. The van der Waals surface area contributed by atoms with Gasteiger partial charge >= 0.3 is 0 Å². The molecule has 3 aromatic rings. The van der Waals surface area contributed by atoms with Gasteiger partial charge in [-0.3, -0.25) is 9.59 Å². The van der Waals surface area contributed by atoms with Crippen molar-refractivity contribution in [3.63, 3.8) is 0 Å². The molecule has 0 spiro atoms. The van der Waals surface area contributed by atoms with E-state index in [4.69, 9.17) is 4.74 Å². The van der Waals surface area contributed by atoms with E-state index in [0.717, 1.165) is 10.5 Å². The summed E-state index contributed by atoms with van der Waals surface area (Å²) in [5.41, 5.74) is 5.27. The van der Waals surface area contributed by atoms with Crippen LogP contribution in [0.1, 0.15) is 26.3 Å². The van der Waals surface area contributed by atoms with Crippen molar-refractivity contribution in [1.29, 1.82) is 0 Å². The first-order chi connectivity index (χ1) is 14.6. The molecule has 1 heterocycles. The Kier molecular flexibility index (Phi) is 5.81. The van der Waals surface area contributed by atoms with E-state index in [9.17, 15) is 9.59 Å². The Morgan fingerprint density at radius 1 is 1.07 bits per heavy atom. The lowest BCUT2D eigenvalue weighted by atomic mass is 10.1. The molecule has 0 saturated carbocycles. The number of carbonyl (C=O) groups excluding carboxylic acids is 2. The second-order valence-corrected chi connectivity index (χ2v) is 7.67. The molecular formula is C23H19N3O3S. The molecule has 0 fully saturated rings. The predicted octanol–water partition coefficient (Wildman–Crippen LogP) is 4.48. The van der Waals surface area contributed by atoms with Crippen LogP contribution in [0.25, 0.3) is 0 Å². The molecule has 0 saturated heterocycles. The summed E-state index contributed by atoms with van der Waals surface area (Å²) in [6.45, 7) is 1.95. The van der Waals surface area contributed by atoms with Crippen molar-refractivity contribution in [1.82, 2.24) is 5.43 Å². The van der Waals surface area contributed by atoms with Gasteiger partial charge in [-0.15, -0.1) is 16.9 Å². The van der Waals surface area contributed by atoms with E-state index in [0.29, 0.717) is 34.2 Å². The minimum Gasteiger partial charge on any atom is -0.440 e. The van der Waals surface area contributed by atoms with E-state index < -0.39 is 0 Å². The number of ether oxygens (including phenoxy) is 1. The summed E-state index contributed by atoms with van der Waals surface area (Å²) in [5, 5.41) is 7.04. The minimum absolute atomic E-state index is 0.170. The lowest BCUT2D eigenvalue weighted by Gasteiger charge is -2.12.